The van der Waals surface area contributed by atoms with Crippen molar-refractivity contribution in [2.45, 2.75) is 11.8 Å². The topological polar surface area (TPSA) is 72.6 Å². The largest absolute Gasteiger partial charge is 0.495 e. The first-order chi connectivity index (χ1) is 9.86. The Morgan fingerprint density at radius 3 is 2.43 bits per heavy atom. The molecular weight excluding hydrogens is 288 g/mol. The highest BCUT2D eigenvalue weighted by atomic mass is 32.2. The molecule has 2 aromatic rings. The Kier molecular flexibility index (Phi) is 4.09. The summed E-state index contributed by atoms with van der Waals surface area (Å²) >= 11 is 0. The fraction of sp³-hybridized carbons (Fsp3) is 0.200. The molecule has 5 nitrogen and oxygen atoms in total. The first-order valence-electron chi connectivity index (χ1n) is 6.35. The molecule has 0 saturated carbocycles. The van der Waals surface area contributed by atoms with Gasteiger partial charge in [-0.25, -0.2) is 8.42 Å². The molecule has 2 N–H and O–H groups in total. The zero-order valence-corrected chi connectivity index (χ0v) is 13.0. The molecule has 0 fully saturated rings. The highest BCUT2D eigenvalue weighted by Crippen LogP contribution is 2.31. The molecule has 0 unspecified atom stereocenters. The second kappa shape index (κ2) is 5.65. The first kappa shape index (κ1) is 15.2. The number of nitrogens with two attached hydrogens (primary N) is 1. The van der Waals surface area contributed by atoms with Crippen LogP contribution in [0, 0.1) is 6.92 Å². The van der Waals surface area contributed by atoms with E-state index in [-0.39, 0.29) is 4.90 Å². The van der Waals surface area contributed by atoms with Gasteiger partial charge in [-0.15, -0.1) is 0 Å². The van der Waals surface area contributed by atoms with Crippen molar-refractivity contribution in [3.8, 4) is 5.75 Å². The van der Waals surface area contributed by atoms with Crippen LogP contribution in [-0.4, -0.2) is 22.6 Å². The summed E-state index contributed by atoms with van der Waals surface area (Å²) in [6, 6.07) is 11.7. The average Bonchev–Trinajstić information content (AvgIpc) is 2.45. The summed E-state index contributed by atoms with van der Waals surface area (Å²) in [4.78, 5) is 0.161. The SMILES string of the molecule is COc1ccccc1N(C)S(=O)(=O)c1cc(C)cc(N)c1. The number of methoxy groups -OCH3 is 1. The van der Waals surface area contributed by atoms with Gasteiger partial charge in [-0.05, 0) is 42.8 Å². The molecular formula is C15H18N2O3S. The van der Waals surface area contributed by atoms with Crippen LogP contribution in [0.3, 0.4) is 0 Å². The van der Waals surface area contributed by atoms with E-state index in [0.29, 0.717) is 17.1 Å². The molecule has 0 amide bonds. The Morgan fingerprint density at radius 2 is 1.81 bits per heavy atom. The molecule has 0 aliphatic heterocycles. The fourth-order valence-corrected chi connectivity index (χ4v) is 3.45. The minimum absolute atomic E-state index is 0.161. The smallest absolute Gasteiger partial charge is 0.264 e. The van der Waals surface area contributed by atoms with Gasteiger partial charge < -0.3 is 10.5 Å². The van der Waals surface area contributed by atoms with Crippen LogP contribution < -0.4 is 14.8 Å². The molecule has 0 spiro atoms. The van der Waals surface area contributed by atoms with E-state index < -0.39 is 10.0 Å². The second-order valence-electron chi connectivity index (χ2n) is 4.72. The maximum absolute atomic E-state index is 12.7. The third-order valence-electron chi connectivity index (χ3n) is 3.16. The van der Waals surface area contributed by atoms with Crippen molar-refractivity contribution in [1.82, 2.24) is 0 Å². The van der Waals surface area contributed by atoms with Gasteiger partial charge in [-0.3, -0.25) is 4.31 Å². The van der Waals surface area contributed by atoms with Crippen molar-refractivity contribution < 1.29 is 13.2 Å². The standard InChI is InChI=1S/C15H18N2O3S/c1-11-8-12(16)10-13(9-11)21(18,19)17(2)14-6-4-5-7-15(14)20-3/h4-10H,16H2,1-3H3. The van der Waals surface area contributed by atoms with Gasteiger partial charge in [0, 0.05) is 12.7 Å². The normalized spacial score (nSPS) is 11.2. The number of hydrogen-bond acceptors (Lipinski definition) is 4. The lowest BCUT2D eigenvalue weighted by Crippen LogP contribution is -2.27. The highest BCUT2D eigenvalue weighted by molar-refractivity contribution is 7.92. The van der Waals surface area contributed by atoms with Gasteiger partial charge in [0.15, 0.2) is 0 Å². The predicted octanol–water partition coefficient (Wildman–Crippen LogP) is 2.41. The van der Waals surface area contributed by atoms with Crippen molar-refractivity contribution in [3.63, 3.8) is 0 Å². The number of nitrogens with zero attached hydrogens (tertiary/aromatic N) is 1. The van der Waals surface area contributed by atoms with E-state index in [1.165, 1.54) is 24.5 Å². The highest BCUT2D eigenvalue weighted by Gasteiger charge is 2.24. The summed E-state index contributed by atoms with van der Waals surface area (Å²) in [5, 5.41) is 0. The van der Waals surface area contributed by atoms with Gasteiger partial charge >= 0.3 is 0 Å². The van der Waals surface area contributed by atoms with Crippen LogP contribution in [0.25, 0.3) is 0 Å². The predicted molar refractivity (Wildman–Crippen MR) is 84.2 cm³/mol. The van der Waals surface area contributed by atoms with E-state index in [1.54, 1.807) is 43.3 Å². The molecule has 0 saturated heterocycles. The van der Waals surface area contributed by atoms with Crippen LogP contribution in [0.1, 0.15) is 5.56 Å². The lowest BCUT2D eigenvalue weighted by molar-refractivity contribution is 0.416. The van der Waals surface area contributed by atoms with Gasteiger partial charge in [0.25, 0.3) is 10.0 Å². The zero-order valence-electron chi connectivity index (χ0n) is 12.2. The van der Waals surface area contributed by atoms with Gasteiger partial charge in [-0.1, -0.05) is 12.1 Å². The molecule has 2 rings (SSSR count). The van der Waals surface area contributed by atoms with Gasteiger partial charge in [0.05, 0.1) is 17.7 Å². The quantitative estimate of drug-likeness (QED) is 0.880. The fourth-order valence-electron chi connectivity index (χ4n) is 2.10. The Balaban J connectivity index is 2.52. The number of nitrogen functional groups attached to an aromatic ring is 1. The lowest BCUT2D eigenvalue weighted by atomic mass is 10.2. The van der Waals surface area contributed by atoms with Crippen LogP contribution in [0.15, 0.2) is 47.4 Å². The summed E-state index contributed by atoms with van der Waals surface area (Å²) in [5.41, 5.74) is 7.43. The number of ether oxygens (including phenoxy) is 1. The minimum Gasteiger partial charge on any atom is -0.495 e. The number of rotatable bonds is 4. The molecule has 0 aromatic heterocycles. The molecule has 21 heavy (non-hydrogen) atoms. The maximum atomic E-state index is 12.7. The van der Waals surface area contributed by atoms with E-state index in [4.69, 9.17) is 10.5 Å². The van der Waals surface area contributed by atoms with E-state index in [0.717, 1.165) is 5.56 Å². The number of para-hydroxylation sites is 2. The second-order valence-corrected chi connectivity index (χ2v) is 6.69. The van der Waals surface area contributed by atoms with Gasteiger partial charge in [0.1, 0.15) is 5.75 Å². The van der Waals surface area contributed by atoms with Crippen molar-refractivity contribution in [2.75, 3.05) is 24.2 Å². The van der Waals surface area contributed by atoms with E-state index >= 15 is 0 Å². The van der Waals surface area contributed by atoms with E-state index in [2.05, 4.69) is 0 Å². The lowest BCUT2D eigenvalue weighted by Gasteiger charge is -2.22. The molecule has 6 heteroatoms. The number of hydrogen-bond donors (Lipinski definition) is 1. The summed E-state index contributed by atoms with van der Waals surface area (Å²) < 4.78 is 31.8. The molecule has 2 aromatic carbocycles. The number of benzene rings is 2. The first-order valence-corrected chi connectivity index (χ1v) is 7.79. The molecule has 0 bridgehead atoms. The Labute approximate surface area is 125 Å². The van der Waals surface area contributed by atoms with Gasteiger partial charge in [-0.2, -0.15) is 0 Å². The number of anilines is 2. The summed E-state index contributed by atoms with van der Waals surface area (Å²) in [6.45, 7) is 1.80. The third-order valence-corrected chi connectivity index (χ3v) is 4.91. The van der Waals surface area contributed by atoms with Crippen molar-refractivity contribution in [1.29, 1.82) is 0 Å². The van der Waals surface area contributed by atoms with Crippen molar-refractivity contribution in [2.24, 2.45) is 0 Å². The Hall–Kier alpha value is -2.21. The molecule has 0 radical (unpaired) electrons. The average molecular weight is 306 g/mol. The summed E-state index contributed by atoms with van der Waals surface area (Å²) in [5.74, 6) is 0.490. The third kappa shape index (κ3) is 2.95. The van der Waals surface area contributed by atoms with E-state index in [9.17, 15) is 8.42 Å². The van der Waals surface area contributed by atoms with Crippen LogP contribution in [0.2, 0.25) is 0 Å². The van der Waals surface area contributed by atoms with Crippen LogP contribution in [-0.2, 0) is 10.0 Å². The molecule has 0 aliphatic carbocycles. The molecule has 0 aliphatic rings. The van der Waals surface area contributed by atoms with Crippen LogP contribution in [0.4, 0.5) is 11.4 Å². The van der Waals surface area contributed by atoms with Gasteiger partial charge in [0.2, 0.25) is 0 Å². The zero-order chi connectivity index (χ0) is 15.6. The Bertz CT molecular complexity index is 737. The molecule has 0 atom stereocenters. The van der Waals surface area contributed by atoms with Crippen molar-refractivity contribution >= 4 is 21.4 Å². The summed E-state index contributed by atoms with van der Waals surface area (Å²) in [6.07, 6.45) is 0. The maximum Gasteiger partial charge on any atom is 0.264 e. The minimum atomic E-state index is -3.70. The number of sulfonamides is 1. The summed E-state index contributed by atoms with van der Waals surface area (Å²) in [7, 11) is -0.701. The molecule has 0 heterocycles. The molecule has 112 valence electrons. The van der Waals surface area contributed by atoms with Crippen molar-refractivity contribution in [3.05, 3.63) is 48.0 Å². The number of aryl methyl sites for hydroxylation is 1. The monoisotopic (exact) mass is 306 g/mol. The van der Waals surface area contributed by atoms with Crippen LogP contribution in [0.5, 0.6) is 5.75 Å². The van der Waals surface area contributed by atoms with Crippen LogP contribution >= 0.6 is 0 Å². The van der Waals surface area contributed by atoms with E-state index in [1.807, 2.05) is 0 Å². The Morgan fingerprint density at radius 1 is 1.14 bits per heavy atom.